The summed E-state index contributed by atoms with van der Waals surface area (Å²) in [4.78, 5) is 43.8. The number of nitrogens with one attached hydrogen (secondary N) is 1. The number of carbonyl (C=O) groups is 3. The molecule has 2 unspecified atom stereocenters. The third-order valence-electron chi connectivity index (χ3n) is 7.74. The van der Waals surface area contributed by atoms with Crippen molar-refractivity contribution in [2.45, 2.75) is 51.4 Å². The van der Waals surface area contributed by atoms with E-state index >= 15 is 0 Å². The Labute approximate surface area is 239 Å². The minimum absolute atomic E-state index is 0.00234. The summed E-state index contributed by atoms with van der Waals surface area (Å²) in [6.07, 6.45) is -0.506. The van der Waals surface area contributed by atoms with Crippen molar-refractivity contribution in [2.75, 3.05) is 13.6 Å². The standard InChI is InChI=1S/C33H35N3O5/c1-21-13-14-24(15-22(21)2)16-27(32(39)35(3)19-23-9-5-4-6-10-23)34-31(38)28-18-26(37)20-36(28)33(40)30-17-25-11-7-8-12-29(25)41-30/h4-15,17,26-28,37H,16,18-20H2,1-3H3,(H,34,38)/t26?,27-,28?/m1/s1. The van der Waals surface area contributed by atoms with E-state index < -0.39 is 30.0 Å². The fraction of sp³-hybridized carbons (Fsp3) is 0.303. The zero-order valence-electron chi connectivity index (χ0n) is 23.5. The van der Waals surface area contributed by atoms with Gasteiger partial charge in [-0.05, 0) is 48.2 Å². The second-order valence-electron chi connectivity index (χ2n) is 10.9. The number of nitrogens with zero attached hydrogens (tertiary/aromatic N) is 2. The fourth-order valence-electron chi connectivity index (χ4n) is 5.35. The smallest absolute Gasteiger partial charge is 0.290 e. The Kier molecular flexibility index (Phi) is 8.21. The summed E-state index contributed by atoms with van der Waals surface area (Å²) >= 11 is 0. The first-order valence-corrected chi connectivity index (χ1v) is 13.8. The molecule has 3 aromatic carbocycles. The molecule has 212 valence electrons. The van der Waals surface area contributed by atoms with Gasteiger partial charge in [0.25, 0.3) is 5.91 Å². The van der Waals surface area contributed by atoms with Crippen molar-refractivity contribution in [1.29, 1.82) is 0 Å². The number of benzene rings is 3. The van der Waals surface area contributed by atoms with E-state index in [4.69, 9.17) is 4.42 Å². The number of rotatable bonds is 8. The molecule has 41 heavy (non-hydrogen) atoms. The molecule has 2 heterocycles. The number of aryl methyl sites for hydroxylation is 2. The van der Waals surface area contributed by atoms with Crippen molar-refractivity contribution in [1.82, 2.24) is 15.1 Å². The number of β-amino-alcohol motifs (C(OH)–C–C–N with tert-alkyl or cyclic N) is 1. The second kappa shape index (κ2) is 12.0. The van der Waals surface area contributed by atoms with Crippen molar-refractivity contribution >= 4 is 28.7 Å². The summed E-state index contributed by atoms with van der Waals surface area (Å²) in [5.41, 5.74) is 4.69. The zero-order chi connectivity index (χ0) is 29.1. The van der Waals surface area contributed by atoms with Crippen LogP contribution in [0.2, 0.25) is 0 Å². The summed E-state index contributed by atoms with van der Waals surface area (Å²) in [6.45, 7) is 4.42. The average molecular weight is 554 g/mol. The minimum atomic E-state index is -0.944. The molecule has 0 spiro atoms. The van der Waals surface area contributed by atoms with Gasteiger partial charge in [-0.2, -0.15) is 0 Å². The maximum absolute atomic E-state index is 13.7. The molecule has 1 fully saturated rings. The number of hydrogen-bond acceptors (Lipinski definition) is 5. The van der Waals surface area contributed by atoms with E-state index in [1.165, 1.54) is 4.90 Å². The molecule has 8 heteroatoms. The molecule has 1 aromatic heterocycles. The SMILES string of the molecule is Cc1ccc(C[C@@H](NC(=O)C2CC(O)CN2C(=O)c2cc3ccccc3o2)C(=O)N(C)Cc2ccccc2)cc1C. The van der Waals surface area contributed by atoms with Crippen LogP contribution in [0.15, 0.2) is 83.3 Å². The van der Waals surface area contributed by atoms with Crippen molar-refractivity contribution in [3.8, 4) is 0 Å². The lowest BCUT2D eigenvalue weighted by Gasteiger charge is -2.28. The largest absolute Gasteiger partial charge is 0.451 e. The maximum atomic E-state index is 13.7. The summed E-state index contributed by atoms with van der Waals surface area (Å²) in [7, 11) is 1.71. The van der Waals surface area contributed by atoms with Crippen molar-refractivity contribution < 1.29 is 23.9 Å². The molecule has 8 nitrogen and oxygen atoms in total. The van der Waals surface area contributed by atoms with Crippen LogP contribution in [0.4, 0.5) is 0 Å². The molecule has 0 bridgehead atoms. The van der Waals surface area contributed by atoms with Gasteiger partial charge in [0.2, 0.25) is 11.8 Å². The molecule has 5 rings (SSSR count). The van der Waals surface area contributed by atoms with E-state index in [1.54, 1.807) is 24.1 Å². The molecule has 0 saturated carbocycles. The van der Waals surface area contributed by atoms with E-state index in [-0.39, 0.29) is 31.1 Å². The predicted octanol–water partition coefficient (Wildman–Crippen LogP) is 4.01. The summed E-state index contributed by atoms with van der Waals surface area (Å²) in [5, 5.41) is 14.2. The van der Waals surface area contributed by atoms with Gasteiger partial charge in [0, 0.05) is 38.4 Å². The van der Waals surface area contributed by atoms with E-state index in [9.17, 15) is 19.5 Å². The molecular weight excluding hydrogens is 518 g/mol. The van der Waals surface area contributed by atoms with E-state index in [0.29, 0.717) is 12.1 Å². The van der Waals surface area contributed by atoms with E-state index in [0.717, 1.165) is 27.6 Å². The lowest BCUT2D eigenvalue weighted by molar-refractivity contribution is -0.136. The van der Waals surface area contributed by atoms with Crippen LogP contribution >= 0.6 is 0 Å². The van der Waals surface area contributed by atoms with Gasteiger partial charge in [-0.1, -0.05) is 66.7 Å². The van der Waals surface area contributed by atoms with Crippen molar-refractivity contribution in [3.05, 3.63) is 107 Å². The van der Waals surface area contributed by atoms with Gasteiger partial charge in [-0.25, -0.2) is 0 Å². The Bertz CT molecular complexity index is 1530. The van der Waals surface area contributed by atoms with Crippen LogP contribution in [0.3, 0.4) is 0 Å². The second-order valence-corrected chi connectivity index (χ2v) is 10.9. The topological polar surface area (TPSA) is 103 Å². The van der Waals surface area contributed by atoms with Crippen LogP contribution in [0.1, 0.15) is 39.2 Å². The number of aliphatic hydroxyl groups excluding tert-OH is 1. The molecule has 1 saturated heterocycles. The molecule has 0 radical (unpaired) electrons. The third kappa shape index (κ3) is 6.33. The quantitative estimate of drug-likeness (QED) is 0.343. The number of fused-ring (bicyclic) bond motifs is 1. The monoisotopic (exact) mass is 553 g/mol. The third-order valence-corrected chi connectivity index (χ3v) is 7.74. The van der Waals surface area contributed by atoms with Gasteiger partial charge in [-0.3, -0.25) is 14.4 Å². The maximum Gasteiger partial charge on any atom is 0.290 e. The fourth-order valence-corrected chi connectivity index (χ4v) is 5.35. The van der Waals surface area contributed by atoms with Crippen molar-refractivity contribution in [2.24, 2.45) is 0 Å². The predicted molar refractivity (Wildman–Crippen MR) is 156 cm³/mol. The number of aliphatic hydroxyl groups is 1. The first-order valence-electron chi connectivity index (χ1n) is 13.8. The Morgan fingerprint density at radius 1 is 0.976 bits per heavy atom. The highest BCUT2D eigenvalue weighted by Gasteiger charge is 2.41. The molecule has 4 aromatic rings. The Morgan fingerprint density at radius 3 is 2.44 bits per heavy atom. The molecular formula is C33H35N3O5. The first kappa shape index (κ1) is 28.1. The van der Waals surface area contributed by atoms with Crippen LogP contribution in [-0.2, 0) is 22.6 Å². The first-order chi connectivity index (χ1) is 19.7. The lowest BCUT2D eigenvalue weighted by atomic mass is 9.99. The average Bonchev–Trinajstić information content (AvgIpc) is 3.58. The number of para-hydroxylation sites is 1. The Morgan fingerprint density at radius 2 is 1.71 bits per heavy atom. The highest BCUT2D eigenvalue weighted by Crippen LogP contribution is 2.25. The Balaban J connectivity index is 1.37. The van der Waals surface area contributed by atoms with Crippen molar-refractivity contribution in [3.63, 3.8) is 0 Å². The number of hydrogen-bond donors (Lipinski definition) is 2. The molecule has 0 aliphatic carbocycles. The normalized spacial score (nSPS) is 17.4. The molecule has 1 aliphatic rings. The number of amides is 3. The van der Waals surface area contributed by atoms with Gasteiger partial charge in [0.1, 0.15) is 17.7 Å². The molecule has 3 amide bonds. The summed E-state index contributed by atoms with van der Waals surface area (Å²) in [5.74, 6) is -1.10. The van der Waals surface area contributed by atoms with Crippen LogP contribution in [0, 0.1) is 13.8 Å². The number of likely N-dealkylation sites (N-methyl/N-ethyl adjacent to an activating group) is 1. The van der Waals surface area contributed by atoms with Gasteiger partial charge >= 0.3 is 0 Å². The molecule has 2 N–H and O–H groups in total. The highest BCUT2D eigenvalue weighted by molar-refractivity contribution is 5.99. The van der Waals surface area contributed by atoms with Gasteiger partial charge in [-0.15, -0.1) is 0 Å². The van der Waals surface area contributed by atoms with Gasteiger partial charge in [0.15, 0.2) is 5.76 Å². The van der Waals surface area contributed by atoms with E-state index in [2.05, 4.69) is 5.32 Å². The number of furan rings is 1. The summed E-state index contributed by atoms with van der Waals surface area (Å²) in [6, 6.07) is 22.7. The lowest BCUT2D eigenvalue weighted by Crippen LogP contribution is -2.54. The summed E-state index contributed by atoms with van der Waals surface area (Å²) < 4.78 is 5.75. The van der Waals surface area contributed by atoms with Gasteiger partial charge < -0.3 is 24.6 Å². The van der Waals surface area contributed by atoms with Crippen LogP contribution in [-0.4, -0.2) is 64.4 Å². The highest BCUT2D eigenvalue weighted by atomic mass is 16.3. The van der Waals surface area contributed by atoms with Gasteiger partial charge in [0.05, 0.1) is 6.10 Å². The number of likely N-dealkylation sites (tertiary alicyclic amines) is 1. The number of carbonyl (C=O) groups excluding carboxylic acids is 3. The Hall–Kier alpha value is -4.43. The van der Waals surface area contributed by atoms with E-state index in [1.807, 2.05) is 80.6 Å². The zero-order valence-corrected chi connectivity index (χ0v) is 23.5. The van der Waals surface area contributed by atoms with Crippen LogP contribution < -0.4 is 5.32 Å². The molecule has 1 aliphatic heterocycles. The van der Waals surface area contributed by atoms with Crippen LogP contribution in [0.25, 0.3) is 11.0 Å². The minimum Gasteiger partial charge on any atom is -0.451 e. The molecule has 3 atom stereocenters. The van der Waals surface area contributed by atoms with Crippen LogP contribution in [0.5, 0.6) is 0 Å².